The standard InChI is InChI=1S/C58H38N2S/c1-2-15-40(16-3-1)48-34-30-44(43-27-26-39-14-4-5-17-42(39)36-43)37-56(48)59(46-33-35-58-52(38-46)51-21-9-13-25-57(51)61-58)45-31-28-41(29-32-45)47-18-6-10-22-53(47)60-54-23-11-7-19-49(54)50-20-8-12-24-55(50)60/h1-38H. The fraction of sp³-hybridized carbons (Fsp3) is 0. The Morgan fingerprint density at radius 3 is 1.70 bits per heavy atom. The molecule has 2 aromatic heterocycles. The molecule has 0 radical (unpaired) electrons. The molecular weight excluding hydrogens is 757 g/mol. The molecule has 0 saturated heterocycles. The molecule has 3 heteroatoms. The number of benzene rings is 10. The zero-order valence-corrected chi connectivity index (χ0v) is 34.1. The van der Waals surface area contributed by atoms with Crippen molar-refractivity contribution in [1.82, 2.24) is 4.57 Å². The first-order valence-corrected chi connectivity index (χ1v) is 21.6. The van der Waals surface area contributed by atoms with Gasteiger partial charge >= 0.3 is 0 Å². The third-order valence-corrected chi connectivity index (χ3v) is 13.3. The highest BCUT2D eigenvalue weighted by Crippen LogP contribution is 2.46. The van der Waals surface area contributed by atoms with Crippen LogP contribution in [0.1, 0.15) is 0 Å². The van der Waals surface area contributed by atoms with Gasteiger partial charge in [0.25, 0.3) is 0 Å². The first-order valence-electron chi connectivity index (χ1n) is 20.8. The molecule has 2 nitrogen and oxygen atoms in total. The predicted molar refractivity (Wildman–Crippen MR) is 262 cm³/mol. The van der Waals surface area contributed by atoms with E-state index in [1.54, 1.807) is 0 Å². The molecule has 0 saturated carbocycles. The zero-order chi connectivity index (χ0) is 40.3. The second-order valence-corrected chi connectivity index (χ2v) is 16.8. The van der Waals surface area contributed by atoms with Crippen LogP contribution in [0, 0.1) is 0 Å². The van der Waals surface area contributed by atoms with Crippen molar-refractivity contribution in [1.29, 1.82) is 0 Å². The summed E-state index contributed by atoms with van der Waals surface area (Å²) < 4.78 is 5.01. The Labute approximate surface area is 358 Å². The van der Waals surface area contributed by atoms with Crippen molar-refractivity contribution in [3.63, 3.8) is 0 Å². The number of rotatable bonds is 7. The fourth-order valence-electron chi connectivity index (χ4n) is 9.29. The summed E-state index contributed by atoms with van der Waals surface area (Å²) >= 11 is 1.85. The van der Waals surface area contributed by atoms with Crippen molar-refractivity contribution in [3.8, 4) is 39.1 Å². The molecule has 0 unspecified atom stereocenters. The molecule has 2 heterocycles. The minimum absolute atomic E-state index is 1.09. The van der Waals surface area contributed by atoms with E-state index in [9.17, 15) is 0 Å². The maximum absolute atomic E-state index is 2.46. The maximum atomic E-state index is 2.46. The summed E-state index contributed by atoms with van der Waals surface area (Å²) in [5.41, 5.74) is 13.9. The van der Waals surface area contributed by atoms with E-state index < -0.39 is 0 Å². The number of aromatic nitrogens is 1. The number of anilines is 3. The van der Waals surface area contributed by atoms with Gasteiger partial charge in [0.05, 0.1) is 22.4 Å². The second-order valence-electron chi connectivity index (χ2n) is 15.7. The summed E-state index contributed by atoms with van der Waals surface area (Å²) in [6, 6.07) is 84.4. The molecule has 0 N–H and O–H groups in total. The van der Waals surface area contributed by atoms with Crippen LogP contribution >= 0.6 is 11.3 Å². The van der Waals surface area contributed by atoms with Gasteiger partial charge in [0.1, 0.15) is 0 Å². The van der Waals surface area contributed by atoms with Gasteiger partial charge in [-0.3, -0.25) is 0 Å². The molecule has 10 aromatic carbocycles. The maximum Gasteiger partial charge on any atom is 0.0546 e. The minimum Gasteiger partial charge on any atom is -0.310 e. The number of hydrogen-bond acceptors (Lipinski definition) is 2. The second kappa shape index (κ2) is 14.5. The van der Waals surface area contributed by atoms with Crippen LogP contribution in [-0.2, 0) is 0 Å². The van der Waals surface area contributed by atoms with Gasteiger partial charge in [-0.25, -0.2) is 0 Å². The van der Waals surface area contributed by atoms with E-state index in [0.29, 0.717) is 0 Å². The lowest BCUT2D eigenvalue weighted by atomic mass is 9.95. The van der Waals surface area contributed by atoms with Gasteiger partial charge in [-0.15, -0.1) is 11.3 Å². The van der Waals surface area contributed by atoms with Crippen LogP contribution < -0.4 is 4.90 Å². The summed E-state index contributed by atoms with van der Waals surface area (Å²) in [7, 11) is 0. The van der Waals surface area contributed by atoms with E-state index in [2.05, 4.69) is 240 Å². The largest absolute Gasteiger partial charge is 0.310 e. The number of para-hydroxylation sites is 3. The van der Waals surface area contributed by atoms with E-state index in [1.807, 2.05) is 11.3 Å². The normalized spacial score (nSPS) is 11.6. The van der Waals surface area contributed by atoms with E-state index in [-0.39, 0.29) is 0 Å². The Balaban J connectivity index is 1.06. The molecule has 0 aliphatic heterocycles. The summed E-state index contributed by atoms with van der Waals surface area (Å²) in [4.78, 5) is 2.46. The molecule has 61 heavy (non-hydrogen) atoms. The lowest BCUT2D eigenvalue weighted by Crippen LogP contribution is -2.11. The SMILES string of the molecule is c1ccc(-c2ccc(-c3ccc4ccccc4c3)cc2N(c2ccc(-c3ccccc3-n3c4ccccc4c4ccccc43)cc2)c2ccc3sc4ccccc4c3c2)cc1. The van der Waals surface area contributed by atoms with Crippen molar-refractivity contribution in [2.45, 2.75) is 0 Å². The van der Waals surface area contributed by atoms with Gasteiger partial charge in [-0.2, -0.15) is 0 Å². The molecule has 0 spiro atoms. The summed E-state index contributed by atoms with van der Waals surface area (Å²) in [6.45, 7) is 0. The van der Waals surface area contributed by atoms with Crippen LogP contribution in [0.5, 0.6) is 0 Å². The van der Waals surface area contributed by atoms with Crippen molar-refractivity contribution in [3.05, 3.63) is 231 Å². The van der Waals surface area contributed by atoms with Crippen molar-refractivity contribution < 1.29 is 0 Å². The minimum atomic E-state index is 1.09. The summed E-state index contributed by atoms with van der Waals surface area (Å²) in [5, 5.41) is 7.55. The lowest BCUT2D eigenvalue weighted by molar-refractivity contribution is 1.18. The monoisotopic (exact) mass is 794 g/mol. The summed E-state index contributed by atoms with van der Waals surface area (Å²) in [5.74, 6) is 0. The van der Waals surface area contributed by atoms with Gasteiger partial charge in [0.2, 0.25) is 0 Å². The first-order chi connectivity index (χ1) is 30.2. The molecular formula is C58H38N2S. The molecule has 286 valence electrons. The average molecular weight is 795 g/mol. The van der Waals surface area contributed by atoms with Crippen molar-refractivity contribution >= 4 is 81.1 Å². The average Bonchev–Trinajstić information content (AvgIpc) is 3.87. The number of fused-ring (bicyclic) bond motifs is 7. The van der Waals surface area contributed by atoms with E-state index in [4.69, 9.17) is 0 Å². The smallest absolute Gasteiger partial charge is 0.0546 e. The van der Waals surface area contributed by atoms with Gasteiger partial charge in [-0.05, 0) is 99.8 Å². The third-order valence-electron chi connectivity index (χ3n) is 12.2. The van der Waals surface area contributed by atoms with Gasteiger partial charge in [0.15, 0.2) is 0 Å². The Bertz CT molecular complexity index is 3540. The third kappa shape index (κ3) is 6.01. The van der Waals surface area contributed by atoms with Crippen molar-refractivity contribution in [2.24, 2.45) is 0 Å². The number of hydrogen-bond donors (Lipinski definition) is 0. The highest BCUT2D eigenvalue weighted by atomic mass is 32.1. The van der Waals surface area contributed by atoms with E-state index >= 15 is 0 Å². The van der Waals surface area contributed by atoms with Gasteiger partial charge in [0, 0.05) is 53.4 Å². The van der Waals surface area contributed by atoms with E-state index in [0.717, 1.165) is 28.3 Å². The Hall–Kier alpha value is -7.72. The first kappa shape index (κ1) is 35.2. The quantitative estimate of drug-likeness (QED) is 0.156. The molecule has 12 aromatic rings. The molecule has 0 atom stereocenters. The highest BCUT2D eigenvalue weighted by molar-refractivity contribution is 7.25. The number of nitrogens with zero attached hydrogens (tertiary/aromatic N) is 2. The van der Waals surface area contributed by atoms with E-state index in [1.165, 1.54) is 80.6 Å². The molecule has 0 amide bonds. The van der Waals surface area contributed by atoms with Crippen molar-refractivity contribution in [2.75, 3.05) is 4.90 Å². The highest BCUT2D eigenvalue weighted by Gasteiger charge is 2.21. The van der Waals surface area contributed by atoms with Crippen LogP contribution in [0.3, 0.4) is 0 Å². The topological polar surface area (TPSA) is 8.17 Å². The molecule has 0 bridgehead atoms. The van der Waals surface area contributed by atoms with Crippen LogP contribution in [0.2, 0.25) is 0 Å². The van der Waals surface area contributed by atoms with Gasteiger partial charge < -0.3 is 9.47 Å². The Morgan fingerprint density at radius 1 is 0.328 bits per heavy atom. The zero-order valence-electron chi connectivity index (χ0n) is 33.2. The molecule has 0 aliphatic carbocycles. The van der Waals surface area contributed by atoms with Crippen LogP contribution in [0.4, 0.5) is 17.1 Å². The summed E-state index contributed by atoms with van der Waals surface area (Å²) in [6.07, 6.45) is 0. The van der Waals surface area contributed by atoms with Crippen LogP contribution in [0.15, 0.2) is 231 Å². The van der Waals surface area contributed by atoms with Crippen LogP contribution in [0.25, 0.3) is 91.8 Å². The lowest BCUT2D eigenvalue weighted by Gasteiger charge is -2.29. The Morgan fingerprint density at radius 2 is 0.902 bits per heavy atom. The Kier molecular flexibility index (Phi) is 8.39. The van der Waals surface area contributed by atoms with Gasteiger partial charge in [-0.1, -0.05) is 164 Å². The molecule has 0 aliphatic rings. The molecule has 12 rings (SSSR count). The predicted octanol–water partition coefficient (Wildman–Crippen LogP) is 16.8. The molecule has 0 fully saturated rings. The number of thiophene rings is 1. The fourth-order valence-corrected chi connectivity index (χ4v) is 10.4. The van der Waals surface area contributed by atoms with Crippen LogP contribution in [-0.4, -0.2) is 4.57 Å².